The monoisotopic (exact) mass is 493 g/mol. The molecule has 3 N–H and O–H groups in total. The predicted octanol–water partition coefficient (Wildman–Crippen LogP) is 2.50. The maximum Gasteiger partial charge on any atom is 0.241 e. The third-order valence-electron chi connectivity index (χ3n) is 4.75. The average Bonchev–Trinajstić information content (AvgIpc) is 3.44. The SMILES string of the molecule is CS(=O)(=O)c1ccc(F)cc1CNc1nc(Nc2cnn(CC(=O)NC3CC3)c2)ncc1Cl. The Labute approximate surface area is 194 Å². The highest BCUT2D eigenvalue weighted by atomic mass is 35.5. The standard InChI is InChI=1S/C20H21ClFN7O3S/c1-33(31,32)17-5-2-13(22)6-12(17)7-23-19-16(21)9-24-20(28-19)27-15-8-25-29(10-15)11-18(30)26-14-3-4-14/h2,5-6,8-10,14H,3-4,7,11H2,1H3,(H,26,30)(H2,23,24,27,28). The van der Waals surface area contributed by atoms with E-state index >= 15 is 0 Å². The molecule has 1 aliphatic rings. The molecule has 1 saturated carbocycles. The van der Waals surface area contributed by atoms with Gasteiger partial charge in [-0.25, -0.2) is 17.8 Å². The smallest absolute Gasteiger partial charge is 0.241 e. The summed E-state index contributed by atoms with van der Waals surface area (Å²) in [7, 11) is -3.55. The number of carbonyl (C=O) groups is 1. The van der Waals surface area contributed by atoms with Crippen LogP contribution in [0.4, 0.5) is 21.8 Å². The van der Waals surface area contributed by atoms with E-state index in [0.717, 1.165) is 31.2 Å². The summed E-state index contributed by atoms with van der Waals surface area (Å²) in [4.78, 5) is 20.3. The Kier molecular flexibility index (Phi) is 6.47. The second-order valence-electron chi connectivity index (χ2n) is 7.66. The van der Waals surface area contributed by atoms with Crippen LogP contribution in [0.2, 0.25) is 5.02 Å². The molecule has 10 nitrogen and oxygen atoms in total. The summed E-state index contributed by atoms with van der Waals surface area (Å²) in [6.45, 7) is 0.0765. The Balaban J connectivity index is 1.43. The van der Waals surface area contributed by atoms with Crippen molar-refractivity contribution in [3.63, 3.8) is 0 Å². The molecule has 4 rings (SSSR count). The third-order valence-corrected chi connectivity index (χ3v) is 6.22. The number of nitrogens with one attached hydrogen (secondary N) is 3. The summed E-state index contributed by atoms with van der Waals surface area (Å²) in [6, 6.07) is 3.74. The van der Waals surface area contributed by atoms with Crippen molar-refractivity contribution >= 4 is 44.8 Å². The van der Waals surface area contributed by atoms with Gasteiger partial charge in [0, 0.05) is 25.0 Å². The molecule has 0 atom stereocenters. The molecular weight excluding hydrogens is 473 g/mol. The lowest BCUT2D eigenvalue weighted by Crippen LogP contribution is -2.29. The van der Waals surface area contributed by atoms with E-state index in [-0.39, 0.29) is 52.3 Å². The number of amides is 1. The summed E-state index contributed by atoms with van der Waals surface area (Å²) >= 11 is 6.17. The lowest BCUT2D eigenvalue weighted by atomic mass is 10.2. The first kappa shape index (κ1) is 22.9. The molecule has 3 aromatic rings. The van der Waals surface area contributed by atoms with E-state index in [9.17, 15) is 17.6 Å². The van der Waals surface area contributed by atoms with Gasteiger partial charge in [0.2, 0.25) is 11.9 Å². The van der Waals surface area contributed by atoms with Crippen LogP contribution in [0, 0.1) is 5.82 Å². The fourth-order valence-electron chi connectivity index (χ4n) is 3.07. The van der Waals surface area contributed by atoms with E-state index in [2.05, 4.69) is 31.0 Å². The van der Waals surface area contributed by atoms with Crippen molar-refractivity contribution in [3.05, 3.63) is 53.2 Å². The molecule has 1 aliphatic carbocycles. The zero-order chi connectivity index (χ0) is 23.6. The number of rotatable bonds is 9. The minimum atomic E-state index is -3.55. The van der Waals surface area contributed by atoms with E-state index in [1.165, 1.54) is 23.1 Å². The van der Waals surface area contributed by atoms with Gasteiger partial charge in [-0.3, -0.25) is 9.48 Å². The number of benzene rings is 1. The minimum Gasteiger partial charge on any atom is -0.365 e. The van der Waals surface area contributed by atoms with Crippen molar-refractivity contribution in [2.45, 2.75) is 36.9 Å². The summed E-state index contributed by atoms with van der Waals surface area (Å²) in [6.07, 6.45) is 7.62. The zero-order valence-electron chi connectivity index (χ0n) is 17.5. The maximum atomic E-state index is 13.7. The highest BCUT2D eigenvalue weighted by Crippen LogP contribution is 2.24. The predicted molar refractivity (Wildman–Crippen MR) is 121 cm³/mol. The number of hydrogen-bond donors (Lipinski definition) is 3. The van der Waals surface area contributed by atoms with Crippen molar-refractivity contribution in [3.8, 4) is 0 Å². The lowest BCUT2D eigenvalue weighted by molar-refractivity contribution is -0.122. The largest absolute Gasteiger partial charge is 0.365 e. The molecule has 2 heterocycles. The highest BCUT2D eigenvalue weighted by molar-refractivity contribution is 7.90. The number of halogens is 2. The molecule has 2 aromatic heterocycles. The fourth-order valence-corrected chi connectivity index (χ4v) is 4.15. The van der Waals surface area contributed by atoms with Gasteiger partial charge in [0.05, 0.1) is 23.0 Å². The summed E-state index contributed by atoms with van der Waals surface area (Å²) in [5.74, 6) is -0.231. The van der Waals surface area contributed by atoms with Crippen LogP contribution in [0.15, 0.2) is 41.7 Å². The molecule has 1 aromatic carbocycles. The normalized spacial score (nSPS) is 13.5. The Morgan fingerprint density at radius 3 is 2.82 bits per heavy atom. The van der Waals surface area contributed by atoms with Gasteiger partial charge >= 0.3 is 0 Å². The summed E-state index contributed by atoms with van der Waals surface area (Å²) < 4.78 is 39.1. The van der Waals surface area contributed by atoms with E-state index in [4.69, 9.17) is 11.6 Å². The number of nitrogens with zero attached hydrogens (tertiary/aromatic N) is 4. The molecule has 1 amide bonds. The molecular formula is C20H21ClFN7O3S. The first-order chi connectivity index (χ1) is 15.7. The van der Waals surface area contributed by atoms with Gasteiger partial charge in [-0.1, -0.05) is 11.6 Å². The average molecular weight is 494 g/mol. The van der Waals surface area contributed by atoms with Gasteiger partial charge in [0.1, 0.15) is 17.4 Å². The fraction of sp³-hybridized carbons (Fsp3) is 0.300. The van der Waals surface area contributed by atoms with Crippen LogP contribution in [-0.4, -0.2) is 46.4 Å². The van der Waals surface area contributed by atoms with Crippen LogP contribution in [0.25, 0.3) is 0 Å². The number of aromatic nitrogens is 4. The highest BCUT2D eigenvalue weighted by Gasteiger charge is 2.23. The van der Waals surface area contributed by atoms with Crippen molar-refractivity contribution in [1.82, 2.24) is 25.1 Å². The first-order valence-electron chi connectivity index (χ1n) is 10.0. The number of anilines is 3. The zero-order valence-corrected chi connectivity index (χ0v) is 19.1. The van der Waals surface area contributed by atoms with Crippen LogP contribution in [0.1, 0.15) is 18.4 Å². The molecule has 0 radical (unpaired) electrons. The number of carbonyl (C=O) groups excluding carboxylic acids is 1. The topological polar surface area (TPSA) is 131 Å². The van der Waals surface area contributed by atoms with Crippen LogP contribution in [-0.2, 0) is 27.7 Å². The quantitative estimate of drug-likeness (QED) is 0.387. The number of sulfone groups is 1. The summed E-state index contributed by atoms with van der Waals surface area (Å²) in [5.41, 5.74) is 0.805. The molecule has 0 spiro atoms. The molecule has 0 aliphatic heterocycles. The molecule has 33 heavy (non-hydrogen) atoms. The Bertz CT molecular complexity index is 1290. The van der Waals surface area contributed by atoms with Crippen molar-refractivity contribution in [2.24, 2.45) is 0 Å². The van der Waals surface area contributed by atoms with Gasteiger partial charge < -0.3 is 16.0 Å². The van der Waals surface area contributed by atoms with Crippen LogP contribution < -0.4 is 16.0 Å². The van der Waals surface area contributed by atoms with Crippen molar-refractivity contribution in [1.29, 1.82) is 0 Å². The second-order valence-corrected chi connectivity index (χ2v) is 10.1. The van der Waals surface area contributed by atoms with E-state index in [1.54, 1.807) is 6.20 Å². The van der Waals surface area contributed by atoms with Gasteiger partial charge in [-0.05, 0) is 36.6 Å². The molecule has 0 unspecified atom stereocenters. The van der Waals surface area contributed by atoms with Gasteiger partial charge in [-0.15, -0.1) is 0 Å². The second kappa shape index (κ2) is 9.32. The van der Waals surface area contributed by atoms with E-state index in [0.29, 0.717) is 5.69 Å². The Hall–Kier alpha value is -3.25. The molecule has 1 fully saturated rings. The Morgan fingerprint density at radius 2 is 2.09 bits per heavy atom. The molecule has 0 saturated heterocycles. The van der Waals surface area contributed by atoms with Gasteiger partial charge in [-0.2, -0.15) is 10.1 Å². The maximum absolute atomic E-state index is 13.7. The molecule has 174 valence electrons. The van der Waals surface area contributed by atoms with Crippen LogP contribution >= 0.6 is 11.6 Å². The van der Waals surface area contributed by atoms with E-state index in [1.807, 2.05) is 0 Å². The summed E-state index contributed by atoms with van der Waals surface area (Å²) in [5, 5.41) is 13.1. The van der Waals surface area contributed by atoms with Gasteiger partial charge in [0.25, 0.3) is 0 Å². The minimum absolute atomic E-state index is 0.0121. The van der Waals surface area contributed by atoms with E-state index < -0.39 is 15.7 Å². The molecule has 13 heteroatoms. The van der Waals surface area contributed by atoms with Gasteiger partial charge in [0.15, 0.2) is 15.7 Å². The first-order valence-corrected chi connectivity index (χ1v) is 12.3. The van der Waals surface area contributed by atoms with Crippen LogP contribution in [0.3, 0.4) is 0 Å². The van der Waals surface area contributed by atoms with Crippen LogP contribution in [0.5, 0.6) is 0 Å². The Morgan fingerprint density at radius 1 is 1.30 bits per heavy atom. The lowest BCUT2D eigenvalue weighted by Gasteiger charge is -2.12. The third kappa shape index (κ3) is 6.17. The van der Waals surface area contributed by atoms with Crippen molar-refractivity contribution in [2.75, 3.05) is 16.9 Å². The van der Waals surface area contributed by atoms with Crippen molar-refractivity contribution < 1.29 is 17.6 Å². The number of hydrogen-bond acceptors (Lipinski definition) is 8. The molecule has 0 bridgehead atoms.